The van der Waals surface area contributed by atoms with Crippen LogP contribution in [0.3, 0.4) is 0 Å². The molecule has 0 aliphatic carbocycles. The number of allylic oxidation sites excluding steroid dienone is 1. The molecule has 1 N–H and O–H groups in total. The Morgan fingerprint density at radius 2 is 2.20 bits per heavy atom. The first kappa shape index (κ1) is 11.2. The summed E-state index contributed by atoms with van der Waals surface area (Å²) in [5.74, 6) is 0.774. The van der Waals surface area contributed by atoms with Gasteiger partial charge in [0.25, 0.3) is 0 Å². The first-order valence-electron chi connectivity index (χ1n) is 6.27. The van der Waals surface area contributed by atoms with Crippen molar-refractivity contribution in [2.45, 2.75) is 26.2 Å². The van der Waals surface area contributed by atoms with Crippen LogP contribution >= 0.6 is 0 Å². The number of likely N-dealkylation sites (tertiary alicyclic amines) is 1. The minimum absolute atomic E-state index is 0.529. The Hall–Kier alpha value is -0.340. The van der Waals surface area contributed by atoms with Gasteiger partial charge >= 0.3 is 0 Å². The molecule has 2 saturated heterocycles. The fraction of sp³-hybridized carbons (Fsp3) is 0.846. The lowest BCUT2D eigenvalue weighted by Crippen LogP contribution is -2.41. The van der Waals surface area contributed by atoms with Crippen molar-refractivity contribution in [2.24, 2.45) is 11.3 Å². The van der Waals surface area contributed by atoms with Crippen molar-refractivity contribution < 1.29 is 0 Å². The molecule has 1 atom stereocenters. The number of hydrogen-bond donors (Lipinski definition) is 1. The van der Waals surface area contributed by atoms with Crippen molar-refractivity contribution >= 4 is 0 Å². The Bertz CT molecular complexity index is 211. The van der Waals surface area contributed by atoms with Crippen LogP contribution in [0, 0.1) is 11.3 Å². The molecule has 0 aromatic rings. The van der Waals surface area contributed by atoms with Crippen LogP contribution < -0.4 is 5.32 Å². The molecule has 1 unspecified atom stereocenters. The lowest BCUT2D eigenvalue weighted by molar-refractivity contribution is 0.139. The maximum atomic E-state index is 3.90. The third-order valence-corrected chi connectivity index (χ3v) is 4.03. The van der Waals surface area contributed by atoms with Gasteiger partial charge in [-0.05, 0) is 50.2 Å². The highest BCUT2D eigenvalue weighted by molar-refractivity contribution is 4.90. The van der Waals surface area contributed by atoms with E-state index in [2.05, 4.69) is 29.8 Å². The Kier molecular flexibility index (Phi) is 3.47. The Labute approximate surface area is 93.7 Å². The quantitative estimate of drug-likeness (QED) is 0.713. The molecule has 2 heteroatoms. The standard InChI is InChI=1S/C13H24N2/c1-3-12-4-8-15(9-5-12)11-13(2)6-7-14-10-13/h3,12,14H,1,4-11H2,2H3. The molecule has 0 saturated carbocycles. The zero-order chi connectivity index (χ0) is 10.7. The summed E-state index contributed by atoms with van der Waals surface area (Å²) in [6.45, 7) is 12.6. The molecule has 2 nitrogen and oxygen atoms in total. The lowest BCUT2D eigenvalue weighted by atomic mass is 9.87. The van der Waals surface area contributed by atoms with Crippen LogP contribution in [0.15, 0.2) is 12.7 Å². The number of rotatable bonds is 3. The van der Waals surface area contributed by atoms with Gasteiger partial charge < -0.3 is 10.2 Å². The number of hydrogen-bond acceptors (Lipinski definition) is 2. The van der Waals surface area contributed by atoms with Crippen LogP contribution in [0.1, 0.15) is 26.2 Å². The van der Waals surface area contributed by atoms with E-state index in [1.54, 1.807) is 0 Å². The lowest BCUT2D eigenvalue weighted by Gasteiger charge is -2.36. The first-order chi connectivity index (χ1) is 7.22. The largest absolute Gasteiger partial charge is 0.316 e. The van der Waals surface area contributed by atoms with E-state index in [1.807, 2.05) is 0 Å². The minimum Gasteiger partial charge on any atom is -0.316 e. The Balaban J connectivity index is 1.78. The molecule has 0 radical (unpaired) electrons. The summed E-state index contributed by atoms with van der Waals surface area (Å²) in [6, 6.07) is 0. The van der Waals surface area contributed by atoms with Gasteiger partial charge in [-0.25, -0.2) is 0 Å². The van der Waals surface area contributed by atoms with Crippen molar-refractivity contribution in [2.75, 3.05) is 32.7 Å². The molecule has 2 aliphatic rings. The predicted octanol–water partition coefficient (Wildman–Crippen LogP) is 1.88. The Morgan fingerprint density at radius 3 is 2.73 bits per heavy atom. The van der Waals surface area contributed by atoms with Crippen LogP contribution in [-0.2, 0) is 0 Å². The zero-order valence-electron chi connectivity index (χ0n) is 9.97. The Morgan fingerprint density at radius 1 is 1.47 bits per heavy atom. The van der Waals surface area contributed by atoms with Gasteiger partial charge in [0.15, 0.2) is 0 Å². The van der Waals surface area contributed by atoms with Crippen LogP contribution in [0.5, 0.6) is 0 Å². The fourth-order valence-corrected chi connectivity index (χ4v) is 2.89. The predicted molar refractivity (Wildman–Crippen MR) is 65.0 cm³/mol. The summed E-state index contributed by atoms with van der Waals surface area (Å²) in [4.78, 5) is 2.65. The topological polar surface area (TPSA) is 15.3 Å². The van der Waals surface area contributed by atoms with Crippen LogP contribution in [0.25, 0.3) is 0 Å². The van der Waals surface area contributed by atoms with E-state index >= 15 is 0 Å². The molecule has 2 aliphatic heterocycles. The van der Waals surface area contributed by atoms with E-state index in [-0.39, 0.29) is 0 Å². The van der Waals surface area contributed by atoms with E-state index in [1.165, 1.54) is 52.0 Å². The minimum atomic E-state index is 0.529. The van der Waals surface area contributed by atoms with Crippen molar-refractivity contribution in [1.82, 2.24) is 10.2 Å². The van der Waals surface area contributed by atoms with E-state index in [4.69, 9.17) is 0 Å². The normalized spacial score (nSPS) is 34.5. The summed E-state index contributed by atoms with van der Waals surface area (Å²) in [5.41, 5.74) is 0.529. The molecule has 86 valence electrons. The van der Waals surface area contributed by atoms with E-state index < -0.39 is 0 Å². The number of nitrogens with zero attached hydrogens (tertiary/aromatic N) is 1. The van der Waals surface area contributed by atoms with Crippen molar-refractivity contribution in [3.05, 3.63) is 12.7 Å². The molecule has 0 aromatic heterocycles. The SMILES string of the molecule is C=CC1CCN(CC2(C)CCNC2)CC1. The smallest absolute Gasteiger partial charge is 0.00480 e. The van der Waals surface area contributed by atoms with Gasteiger partial charge in [0, 0.05) is 13.1 Å². The average Bonchev–Trinajstić information content (AvgIpc) is 2.66. The monoisotopic (exact) mass is 208 g/mol. The maximum absolute atomic E-state index is 3.90. The summed E-state index contributed by atoms with van der Waals surface area (Å²) in [7, 11) is 0. The van der Waals surface area contributed by atoms with E-state index in [9.17, 15) is 0 Å². The molecule has 0 spiro atoms. The van der Waals surface area contributed by atoms with Gasteiger partial charge in [0.2, 0.25) is 0 Å². The van der Waals surface area contributed by atoms with Gasteiger partial charge in [-0.1, -0.05) is 13.0 Å². The van der Waals surface area contributed by atoms with E-state index in [0.717, 1.165) is 5.92 Å². The number of nitrogens with one attached hydrogen (secondary N) is 1. The summed E-state index contributed by atoms with van der Waals surface area (Å²) in [5, 5.41) is 3.48. The molecule has 2 heterocycles. The highest BCUT2D eigenvalue weighted by Crippen LogP contribution is 2.28. The second-order valence-electron chi connectivity index (χ2n) is 5.59. The summed E-state index contributed by atoms with van der Waals surface area (Å²) in [6.07, 6.45) is 6.10. The third kappa shape index (κ3) is 2.82. The third-order valence-electron chi connectivity index (χ3n) is 4.03. The van der Waals surface area contributed by atoms with Gasteiger partial charge in [0.1, 0.15) is 0 Å². The first-order valence-corrected chi connectivity index (χ1v) is 6.27. The molecule has 15 heavy (non-hydrogen) atoms. The molecular formula is C13H24N2. The summed E-state index contributed by atoms with van der Waals surface area (Å²) < 4.78 is 0. The van der Waals surface area contributed by atoms with Gasteiger partial charge in [-0.3, -0.25) is 0 Å². The molecule has 0 bridgehead atoms. The van der Waals surface area contributed by atoms with Crippen LogP contribution in [0.4, 0.5) is 0 Å². The number of piperidine rings is 1. The van der Waals surface area contributed by atoms with Gasteiger partial charge in [-0.2, -0.15) is 0 Å². The van der Waals surface area contributed by atoms with Gasteiger partial charge in [-0.15, -0.1) is 6.58 Å². The highest BCUT2D eigenvalue weighted by atomic mass is 15.1. The van der Waals surface area contributed by atoms with Gasteiger partial charge in [0.05, 0.1) is 0 Å². The molecule has 0 amide bonds. The second-order valence-corrected chi connectivity index (χ2v) is 5.59. The summed E-state index contributed by atoms with van der Waals surface area (Å²) >= 11 is 0. The highest BCUT2D eigenvalue weighted by Gasteiger charge is 2.31. The zero-order valence-corrected chi connectivity index (χ0v) is 9.97. The van der Waals surface area contributed by atoms with Crippen molar-refractivity contribution in [3.63, 3.8) is 0 Å². The van der Waals surface area contributed by atoms with Crippen LogP contribution in [0.2, 0.25) is 0 Å². The van der Waals surface area contributed by atoms with E-state index in [0.29, 0.717) is 5.41 Å². The molecule has 0 aromatic carbocycles. The second kappa shape index (κ2) is 4.67. The molecular weight excluding hydrogens is 184 g/mol. The van der Waals surface area contributed by atoms with Crippen molar-refractivity contribution in [3.8, 4) is 0 Å². The van der Waals surface area contributed by atoms with Crippen LogP contribution in [-0.4, -0.2) is 37.6 Å². The average molecular weight is 208 g/mol. The molecule has 2 rings (SSSR count). The molecule has 2 fully saturated rings. The van der Waals surface area contributed by atoms with Crippen molar-refractivity contribution in [1.29, 1.82) is 0 Å². The maximum Gasteiger partial charge on any atom is 0.00480 e. The fourth-order valence-electron chi connectivity index (χ4n) is 2.89.